The summed E-state index contributed by atoms with van der Waals surface area (Å²) in [5.41, 5.74) is 1.69. The summed E-state index contributed by atoms with van der Waals surface area (Å²) < 4.78 is 13.8. The molecule has 120 valence electrons. The first-order chi connectivity index (χ1) is 11.6. The fraction of sp³-hybridized carbons (Fsp3) is 0.0952. The Bertz CT molecular complexity index is 825. The van der Waals surface area contributed by atoms with Crippen molar-refractivity contribution >= 4 is 15.7 Å². The van der Waals surface area contributed by atoms with Gasteiger partial charge in [-0.25, -0.2) is 0 Å². The second-order valence-electron chi connectivity index (χ2n) is 5.73. The number of benzene rings is 3. The van der Waals surface area contributed by atoms with Gasteiger partial charge in [-0.15, -0.1) is 0 Å². The summed E-state index contributed by atoms with van der Waals surface area (Å²) in [5.74, 6) is -0.128. The standard InChI is InChI=1S/C21H19O2S/c1-17-12-14-18(15-13-17)21(22)16-24(23,19-8-4-2-5-9-19)20-10-6-3-7-11-20/h2-15H,16H2,1H3/q+1. The Morgan fingerprint density at radius 2 is 1.21 bits per heavy atom. The molecule has 0 aliphatic heterocycles. The third kappa shape index (κ3) is 3.36. The van der Waals surface area contributed by atoms with Crippen molar-refractivity contribution in [3.05, 3.63) is 96.1 Å². The Balaban J connectivity index is 2.02. The molecule has 0 bridgehead atoms. The lowest BCUT2D eigenvalue weighted by atomic mass is 10.1. The van der Waals surface area contributed by atoms with Gasteiger partial charge in [0, 0.05) is 5.56 Å². The summed E-state index contributed by atoms with van der Waals surface area (Å²) in [6.45, 7) is 1.98. The number of hydrogen-bond donors (Lipinski definition) is 0. The lowest BCUT2D eigenvalue weighted by Gasteiger charge is -2.12. The molecule has 0 amide bonds. The van der Waals surface area contributed by atoms with E-state index in [-0.39, 0.29) is 11.5 Å². The highest BCUT2D eigenvalue weighted by Crippen LogP contribution is 2.29. The van der Waals surface area contributed by atoms with Gasteiger partial charge in [-0.3, -0.25) is 4.79 Å². The highest BCUT2D eigenvalue weighted by molar-refractivity contribution is 8.03. The van der Waals surface area contributed by atoms with Gasteiger partial charge < -0.3 is 0 Å². The fourth-order valence-corrected chi connectivity index (χ4v) is 4.93. The summed E-state index contributed by atoms with van der Waals surface area (Å²) in [7, 11) is -2.65. The molecule has 0 unspecified atom stereocenters. The number of rotatable bonds is 5. The summed E-state index contributed by atoms with van der Waals surface area (Å²) in [6, 6.07) is 25.9. The number of Topliss-reactive ketones (excluding diaryl/α,β-unsaturated/α-hetero) is 1. The first-order valence-corrected chi connectivity index (χ1v) is 9.54. The summed E-state index contributed by atoms with van der Waals surface area (Å²) >= 11 is 0. The van der Waals surface area contributed by atoms with Crippen LogP contribution in [0.2, 0.25) is 0 Å². The van der Waals surface area contributed by atoms with Gasteiger partial charge in [0.2, 0.25) is 5.78 Å². The van der Waals surface area contributed by atoms with Gasteiger partial charge >= 0.3 is 0 Å². The normalized spacial score (nSPS) is 11.2. The quantitative estimate of drug-likeness (QED) is 0.496. The maximum atomic E-state index is 13.8. The number of hydrogen-bond acceptors (Lipinski definition) is 2. The van der Waals surface area contributed by atoms with Crippen LogP contribution in [-0.4, -0.2) is 11.5 Å². The minimum absolute atomic E-state index is 0.0237. The molecule has 2 nitrogen and oxygen atoms in total. The van der Waals surface area contributed by atoms with E-state index in [4.69, 9.17) is 0 Å². The molecule has 0 aromatic heterocycles. The fourth-order valence-electron chi connectivity index (χ4n) is 2.59. The monoisotopic (exact) mass is 335 g/mol. The Morgan fingerprint density at radius 3 is 1.67 bits per heavy atom. The maximum Gasteiger partial charge on any atom is 0.212 e. The molecule has 3 aromatic rings. The van der Waals surface area contributed by atoms with Crippen molar-refractivity contribution in [2.75, 3.05) is 5.75 Å². The molecule has 0 fully saturated rings. The second-order valence-corrected chi connectivity index (χ2v) is 8.32. The molecule has 0 saturated carbocycles. The van der Waals surface area contributed by atoms with Crippen LogP contribution < -0.4 is 0 Å². The molecule has 0 spiro atoms. The van der Waals surface area contributed by atoms with Crippen LogP contribution in [0.4, 0.5) is 0 Å². The lowest BCUT2D eigenvalue weighted by molar-refractivity contribution is 0.102. The minimum Gasteiger partial charge on any atom is -0.289 e. The van der Waals surface area contributed by atoms with Crippen LogP contribution in [0.15, 0.2) is 94.7 Å². The molecule has 0 aliphatic rings. The zero-order valence-corrected chi connectivity index (χ0v) is 14.3. The van der Waals surface area contributed by atoms with Crippen LogP contribution in [0.5, 0.6) is 0 Å². The number of carbonyl (C=O) groups is 1. The van der Waals surface area contributed by atoms with Gasteiger partial charge in [0.25, 0.3) is 0 Å². The van der Waals surface area contributed by atoms with Gasteiger partial charge in [-0.2, -0.15) is 0 Å². The minimum atomic E-state index is -2.65. The van der Waals surface area contributed by atoms with Crippen LogP contribution >= 0.6 is 0 Å². The SMILES string of the molecule is Cc1ccc(C(=O)C[S+](=O)(c2ccccc2)c2ccccc2)cc1. The molecule has 0 N–H and O–H groups in total. The molecule has 3 heteroatoms. The van der Waals surface area contributed by atoms with Gasteiger partial charge in [0.05, 0.1) is 0 Å². The Kier molecular flexibility index (Phi) is 4.72. The van der Waals surface area contributed by atoms with Crippen molar-refractivity contribution in [1.82, 2.24) is 0 Å². The highest BCUT2D eigenvalue weighted by Gasteiger charge is 2.37. The third-order valence-corrected chi connectivity index (χ3v) is 6.69. The van der Waals surface area contributed by atoms with Crippen LogP contribution in [0, 0.1) is 6.92 Å². The topological polar surface area (TPSA) is 34.1 Å². The number of carbonyl (C=O) groups excluding carboxylic acids is 1. The van der Waals surface area contributed by atoms with E-state index in [1.54, 1.807) is 12.1 Å². The zero-order valence-electron chi connectivity index (χ0n) is 13.5. The number of aryl methyl sites for hydroxylation is 1. The molecule has 0 aliphatic carbocycles. The van der Waals surface area contributed by atoms with E-state index in [0.717, 1.165) is 5.56 Å². The summed E-state index contributed by atoms with van der Waals surface area (Å²) in [4.78, 5) is 14.1. The lowest BCUT2D eigenvalue weighted by Crippen LogP contribution is -2.23. The third-order valence-electron chi connectivity index (χ3n) is 3.96. The first kappa shape index (κ1) is 16.3. The molecular weight excluding hydrogens is 316 g/mol. The smallest absolute Gasteiger partial charge is 0.212 e. The van der Waals surface area contributed by atoms with Gasteiger partial charge in [-0.1, -0.05) is 70.4 Å². The molecule has 0 atom stereocenters. The second kappa shape index (κ2) is 6.93. The van der Waals surface area contributed by atoms with Crippen molar-refractivity contribution < 1.29 is 9.00 Å². The van der Waals surface area contributed by atoms with Crippen molar-refractivity contribution in [1.29, 1.82) is 0 Å². The van der Waals surface area contributed by atoms with E-state index in [9.17, 15) is 9.00 Å². The van der Waals surface area contributed by atoms with Crippen molar-refractivity contribution in [2.45, 2.75) is 16.7 Å². The predicted molar refractivity (Wildman–Crippen MR) is 97.8 cm³/mol. The van der Waals surface area contributed by atoms with Gasteiger partial charge in [-0.05, 0) is 31.2 Å². The van der Waals surface area contributed by atoms with Crippen molar-refractivity contribution in [2.24, 2.45) is 0 Å². The van der Waals surface area contributed by atoms with Gasteiger partial charge in [0.15, 0.2) is 25.5 Å². The van der Waals surface area contributed by atoms with E-state index in [1.807, 2.05) is 79.7 Å². The maximum absolute atomic E-state index is 13.8. The largest absolute Gasteiger partial charge is 0.289 e. The van der Waals surface area contributed by atoms with Crippen LogP contribution in [0.1, 0.15) is 15.9 Å². The van der Waals surface area contributed by atoms with Crippen LogP contribution in [-0.2, 0) is 14.1 Å². The highest BCUT2D eigenvalue weighted by atomic mass is 32.2. The average molecular weight is 335 g/mol. The number of ketones is 1. The Morgan fingerprint density at radius 1 is 0.750 bits per heavy atom. The van der Waals surface area contributed by atoms with Crippen LogP contribution in [0.25, 0.3) is 0 Å². The zero-order chi connectivity index (χ0) is 17.0. The first-order valence-electron chi connectivity index (χ1n) is 7.81. The van der Waals surface area contributed by atoms with E-state index >= 15 is 0 Å². The van der Waals surface area contributed by atoms with Crippen LogP contribution in [0.3, 0.4) is 0 Å². The summed E-state index contributed by atoms with van der Waals surface area (Å²) in [5, 5.41) is 0. The molecular formula is C21H19O2S+. The summed E-state index contributed by atoms with van der Waals surface area (Å²) in [6.07, 6.45) is 0. The predicted octanol–water partition coefficient (Wildman–Crippen LogP) is 4.80. The Labute approximate surface area is 143 Å². The van der Waals surface area contributed by atoms with Gasteiger partial charge in [0.1, 0.15) is 0 Å². The van der Waals surface area contributed by atoms with Crippen molar-refractivity contribution in [3.8, 4) is 0 Å². The molecule has 0 radical (unpaired) electrons. The van der Waals surface area contributed by atoms with E-state index in [2.05, 4.69) is 0 Å². The average Bonchev–Trinajstić information content (AvgIpc) is 2.63. The molecule has 3 rings (SSSR count). The molecule has 0 saturated heterocycles. The molecule has 3 aromatic carbocycles. The van der Waals surface area contributed by atoms with E-state index in [0.29, 0.717) is 15.4 Å². The van der Waals surface area contributed by atoms with E-state index < -0.39 is 9.93 Å². The molecule has 0 heterocycles. The van der Waals surface area contributed by atoms with E-state index in [1.165, 1.54) is 0 Å². The Hall–Kier alpha value is -2.52. The molecule has 24 heavy (non-hydrogen) atoms. The van der Waals surface area contributed by atoms with Crippen molar-refractivity contribution in [3.63, 3.8) is 0 Å².